The van der Waals surface area contributed by atoms with Crippen molar-refractivity contribution in [1.29, 1.82) is 0 Å². The number of rotatable bonds is 5. The Balaban J connectivity index is 2.65. The van der Waals surface area contributed by atoms with Gasteiger partial charge in [0.25, 0.3) is 0 Å². The summed E-state index contributed by atoms with van der Waals surface area (Å²) in [5, 5.41) is 0. The largest absolute Gasteiger partial charge is 0.469 e. The minimum absolute atomic E-state index is 0.104. The van der Waals surface area contributed by atoms with Gasteiger partial charge in [0.1, 0.15) is 0 Å². The summed E-state index contributed by atoms with van der Waals surface area (Å²) in [6, 6.07) is 8.14. The first-order valence-electron chi connectivity index (χ1n) is 5.97. The Hall–Kier alpha value is -1.35. The van der Waals surface area contributed by atoms with Gasteiger partial charge in [0.2, 0.25) is 0 Å². The van der Waals surface area contributed by atoms with Gasteiger partial charge in [0.15, 0.2) is 0 Å². The van der Waals surface area contributed by atoms with Crippen LogP contribution in [0.3, 0.4) is 0 Å². The number of nitrogens with two attached hydrogens (primary N) is 1. The normalized spacial score (nSPS) is 12.5. The van der Waals surface area contributed by atoms with Crippen molar-refractivity contribution in [2.24, 2.45) is 5.73 Å². The van der Waals surface area contributed by atoms with E-state index >= 15 is 0 Å². The Kier molecular flexibility index (Phi) is 5.16. The molecule has 0 saturated carbocycles. The highest BCUT2D eigenvalue weighted by Crippen LogP contribution is 2.21. The first-order valence-corrected chi connectivity index (χ1v) is 5.97. The van der Waals surface area contributed by atoms with E-state index < -0.39 is 0 Å². The van der Waals surface area contributed by atoms with Gasteiger partial charge in [-0.1, -0.05) is 38.1 Å². The number of hydrogen-bond acceptors (Lipinski definition) is 3. The minimum Gasteiger partial charge on any atom is -0.469 e. The first-order chi connectivity index (χ1) is 8.04. The number of benzene rings is 1. The summed E-state index contributed by atoms with van der Waals surface area (Å²) in [5.74, 6) is 0.281. The Morgan fingerprint density at radius 1 is 1.35 bits per heavy atom. The fourth-order valence-electron chi connectivity index (χ4n) is 1.69. The van der Waals surface area contributed by atoms with Crippen LogP contribution >= 0.6 is 0 Å². The molecule has 3 nitrogen and oxygen atoms in total. The molecule has 1 aromatic carbocycles. The predicted octanol–water partition coefficient (Wildman–Crippen LogP) is 2.76. The number of carbonyl (C=O) groups is 1. The van der Waals surface area contributed by atoms with Crippen LogP contribution in [-0.2, 0) is 9.53 Å². The number of hydrogen-bond donors (Lipinski definition) is 1. The third kappa shape index (κ3) is 4.19. The van der Waals surface area contributed by atoms with E-state index in [0.717, 1.165) is 5.56 Å². The van der Waals surface area contributed by atoms with Crippen LogP contribution in [0.25, 0.3) is 0 Å². The van der Waals surface area contributed by atoms with Gasteiger partial charge >= 0.3 is 5.97 Å². The SMILES string of the molecule is COC(=O)CC[C@H](N)c1cccc(C(C)C)c1. The van der Waals surface area contributed by atoms with Crippen molar-refractivity contribution >= 4 is 5.97 Å². The zero-order valence-corrected chi connectivity index (χ0v) is 10.8. The number of esters is 1. The van der Waals surface area contributed by atoms with E-state index in [1.807, 2.05) is 12.1 Å². The lowest BCUT2D eigenvalue weighted by atomic mass is 9.96. The minimum atomic E-state index is -0.208. The number of ether oxygens (including phenoxy) is 1. The fourth-order valence-corrected chi connectivity index (χ4v) is 1.69. The van der Waals surface area contributed by atoms with Crippen LogP contribution < -0.4 is 5.73 Å². The second kappa shape index (κ2) is 6.40. The third-order valence-electron chi connectivity index (χ3n) is 2.89. The highest BCUT2D eigenvalue weighted by atomic mass is 16.5. The lowest BCUT2D eigenvalue weighted by Crippen LogP contribution is -2.13. The number of methoxy groups -OCH3 is 1. The molecule has 0 aliphatic rings. The summed E-state index contributed by atoms with van der Waals surface area (Å²) < 4.78 is 4.60. The van der Waals surface area contributed by atoms with E-state index in [1.165, 1.54) is 12.7 Å². The molecule has 17 heavy (non-hydrogen) atoms. The number of carbonyl (C=O) groups excluding carboxylic acids is 1. The van der Waals surface area contributed by atoms with Gasteiger partial charge in [0, 0.05) is 12.5 Å². The summed E-state index contributed by atoms with van der Waals surface area (Å²) in [4.78, 5) is 11.0. The van der Waals surface area contributed by atoms with Crippen LogP contribution in [0, 0.1) is 0 Å². The predicted molar refractivity (Wildman–Crippen MR) is 68.7 cm³/mol. The van der Waals surface area contributed by atoms with Gasteiger partial charge in [-0.2, -0.15) is 0 Å². The average molecular weight is 235 g/mol. The summed E-state index contributed by atoms with van der Waals surface area (Å²) >= 11 is 0. The van der Waals surface area contributed by atoms with Crippen molar-refractivity contribution in [3.8, 4) is 0 Å². The fraction of sp³-hybridized carbons (Fsp3) is 0.500. The van der Waals surface area contributed by atoms with Crippen LogP contribution in [0.2, 0.25) is 0 Å². The summed E-state index contributed by atoms with van der Waals surface area (Å²) in [6.07, 6.45) is 0.984. The monoisotopic (exact) mass is 235 g/mol. The zero-order valence-electron chi connectivity index (χ0n) is 10.8. The average Bonchev–Trinajstić information content (AvgIpc) is 2.35. The molecule has 1 aromatic rings. The molecular formula is C14H21NO2. The lowest BCUT2D eigenvalue weighted by molar-refractivity contribution is -0.140. The first kappa shape index (κ1) is 13.7. The second-order valence-electron chi connectivity index (χ2n) is 4.55. The molecule has 0 saturated heterocycles. The molecule has 0 aromatic heterocycles. The molecule has 0 aliphatic carbocycles. The molecule has 0 amide bonds. The topological polar surface area (TPSA) is 52.3 Å². The molecule has 0 fully saturated rings. The van der Waals surface area contributed by atoms with E-state index in [1.54, 1.807) is 0 Å². The Morgan fingerprint density at radius 2 is 2.00 bits per heavy atom. The molecule has 0 unspecified atom stereocenters. The standard InChI is InChI=1S/C14H21NO2/c1-10(2)11-5-4-6-12(9-11)13(15)7-8-14(16)17-3/h4-6,9-10,13H,7-8,15H2,1-3H3/t13-/m0/s1. The summed E-state index contributed by atoms with van der Waals surface area (Å²) in [6.45, 7) is 4.30. The summed E-state index contributed by atoms with van der Waals surface area (Å²) in [7, 11) is 1.40. The molecule has 3 heteroatoms. The van der Waals surface area contributed by atoms with E-state index in [-0.39, 0.29) is 12.0 Å². The van der Waals surface area contributed by atoms with Crippen molar-refractivity contribution in [1.82, 2.24) is 0 Å². The molecule has 1 rings (SSSR count). The van der Waals surface area contributed by atoms with E-state index in [9.17, 15) is 4.79 Å². The van der Waals surface area contributed by atoms with E-state index in [0.29, 0.717) is 18.8 Å². The van der Waals surface area contributed by atoms with Gasteiger partial charge in [-0.05, 0) is 23.5 Å². The molecular weight excluding hydrogens is 214 g/mol. The molecule has 1 atom stereocenters. The van der Waals surface area contributed by atoms with Gasteiger partial charge in [-0.3, -0.25) is 4.79 Å². The smallest absolute Gasteiger partial charge is 0.305 e. The maximum Gasteiger partial charge on any atom is 0.305 e. The van der Waals surface area contributed by atoms with Gasteiger partial charge in [-0.25, -0.2) is 0 Å². The zero-order chi connectivity index (χ0) is 12.8. The van der Waals surface area contributed by atoms with Gasteiger partial charge in [-0.15, -0.1) is 0 Å². The molecule has 94 valence electrons. The molecule has 0 heterocycles. The molecule has 0 spiro atoms. The molecule has 0 radical (unpaired) electrons. The Labute approximate surface area is 103 Å². The van der Waals surface area contributed by atoms with Crippen molar-refractivity contribution in [3.63, 3.8) is 0 Å². The van der Waals surface area contributed by atoms with Crippen LogP contribution in [0.4, 0.5) is 0 Å². The summed E-state index contributed by atoms with van der Waals surface area (Å²) in [5.41, 5.74) is 8.42. The van der Waals surface area contributed by atoms with E-state index in [4.69, 9.17) is 5.73 Å². The van der Waals surface area contributed by atoms with Crippen molar-refractivity contribution < 1.29 is 9.53 Å². The molecule has 0 bridgehead atoms. The molecule has 2 N–H and O–H groups in total. The Morgan fingerprint density at radius 3 is 2.59 bits per heavy atom. The maximum atomic E-state index is 11.0. The third-order valence-corrected chi connectivity index (χ3v) is 2.89. The quantitative estimate of drug-likeness (QED) is 0.798. The lowest BCUT2D eigenvalue weighted by Gasteiger charge is -2.14. The maximum absolute atomic E-state index is 11.0. The van der Waals surface area contributed by atoms with Crippen LogP contribution in [0.1, 0.15) is 49.8 Å². The van der Waals surface area contributed by atoms with Gasteiger partial charge < -0.3 is 10.5 Å². The van der Waals surface area contributed by atoms with Crippen LogP contribution in [0.5, 0.6) is 0 Å². The second-order valence-corrected chi connectivity index (χ2v) is 4.55. The highest BCUT2D eigenvalue weighted by molar-refractivity contribution is 5.69. The Bertz CT molecular complexity index is 374. The van der Waals surface area contributed by atoms with Gasteiger partial charge in [0.05, 0.1) is 7.11 Å². The van der Waals surface area contributed by atoms with Crippen molar-refractivity contribution in [3.05, 3.63) is 35.4 Å². The van der Waals surface area contributed by atoms with Crippen LogP contribution in [-0.4, -0.2) is 13.1 Å². The van der Waals surface area contributed by atoms with Crippen LogP contribution in [0.15, 0.2) is 24.3 Å². The van der Waals surface area contributed by atoms with Crippen molar-refractivity contribution in [2.75, 3.05) is 7.11 Å². The highest BCUT2D eigenvalue weighted by Gasteiger charge is 2.10. The molecule has 0 aliphatic heterocycles. The van der Waals surface area contributed by atoms with Crippen molar-refractivity contribution in [2.45, 2.75) is 38.6 Å². The van der Waals surface area contributed by atoms with E-state index in [2.05, 4.69) is 30.7 Å².